The van der Waals surface area contributed by atoms with Crippen molar-refractivity contribution in [3.05, 3.63) is 58.8 Å². The van der Waals surface area contributed by atoms with Crippen LogP contribution < -0.4 is 16.3 Å². The van der Waals surface area contributed by atoms with Crippen LogP contribution in [0.2, 0.25) is 0 Å². The van der Waals surface area contributed by atoms with Crippen molar-refractivity contribution in [1.82, 2.24) is 19.8 Å². The molecule has 3 rings (SSSR count). The van der Waals surface area contributed by atoms with Gasteiger partial charge in [0.15, 0.2) is 0 Å². The topological polar surface area (TPSA) is 96.3 Å². The van der Waals surface area contributed by atoms with E-state index in [2.05, 4.69) is 15.6 Å². The number of hydrogen-bond acceptors (Lipinski definition) is 4. The maximum absolute atomic E-state index is 12.2. The molecule has 0 aliphatic carbocycles. The number of rotatable bonds is 7. The van der Waals surface area contributed by atoms with E-state index in [1.807, 2.05) is 30.0 Å². The molecule has 28 heavy (non-hydrogen) atoms. The van der Waals surface area contributed by atoms with Crippen LogP contribution in [-0.2, 0) is 11.3 Å². The first-order valence-electron chi connectivity index (χ1n) is 9.44. The van der Waals surface area contributed by atoms with Crippen LogP contribution in [0.4, 0.5) is 10.5 Å². The monoisotopic (exact) mass is 383 g/mol. The summed E-state index contributed by atoms with van der Waals surface area (Å²) in [6.45, 7) is 4.35. The molecule has 8 nitrogen and oxygen atoms in total. The van der Waals surface area contributed by atoms with E-state index in [1.54, 1.807) is 18.3 Å². The fourth-order valence-electron chi connectivity index (χ4n) is 3.23. The number of amides is 3. The van der Waals surface area contributed by atoms with Crippen LogP contribution in [0.15, 0.2) is 47.5 Å². The lowest BCUT2D eigenvalue weighted by molar-refractivity contribution is -0.128. The van der Waals surface area contributed by atoms with Gasteiger partial charge in [0.2, 0.25) is 5.91 Å². The smallest absolute Gasteiger partial charge is 0.342 e. The molecule has 1 aliphatic heterocycles. The number of carbonyl (C=O) groups is 2. The van der Waals surface area contributed by atoms with E-state index in [-0.39, 0.29) is 23.5 Å². The van der Waals surface area contributed by atoms with Gasteiger partial charge < -0.3 is 15.5 Å². The standard InChI is InChI=1S/C20H25N5O3/c1-15(13-24-9-3-7-18(24)26)12-22-19(27)23-17-6-2-5-16(11-17)14-25-10-4-8-21-20(25)28/h2,4-6,8,10-11,15H,3,7,9,12-14H2,1H3,(H2,22,23,27)/t15-/m0/s1. The number of likely N-dealkylation sites (tertiary alicyclic amines) is 1. The Kier molecular flexibility index (Phi) is 6.41. The third kappa shape index (κ3) is 5.42. The van der Waals surface area contributed by atoms with E-state index in [0.717, 1.165) is 18.5 Å². The SMILES string of the molecule is C[C@@H](CNC(=O)Nc1cccc(Cn2cccnc2=O)c1)CN1CCCC1=O. The second-order valence-corrected chi connectivity index (χ2v) is 7.11. The summed E-state index contributed by atoms with van der Waals surface area (Å²) in [4.78, 5) is 41.2. The minimum absolute atomic E-state index is 0.177. The lowest BCUT2D eigenvalue weighted by Crippen LogP contribution is -2.37. The van der Waals surface area contributed by atoms with Crippen LogP contribution in [0.5, 0.6) is 0 Å². The summed E-state index contributed by atoms with van der Waals surface area (Å²) in [7, 11) is 0. The molecule has 1 fully saturated rings. The third-order valence-corrected chi connectivity index (χ3v) is 4.64. The molecule has 8 heteroatoms. The van der Waals surface area contributed by atoms with Crippen molar-refractivity contribution in [3.8, 4) is 0 Å². The van der Waals surface area contributed by atoms with Gasteiger partial charge in [-0.3, -0.25) is 9.36 Å². The molecule has 3 amide bonds. The Morgan fingerprint density at radius 3 is 2.89 bits per heavy atom. The number of nitrogens with one attached hydrogen (secondary N) is 2. The zero-order valence-electron chi connectivity index (χ0n) is 15.9. The van der Waals surface area contributed by atoms with Crippen molar-refractivity contribution in [1.29, 1.82) is 0 Å². The second-order valence-electron chi connectivity index (χ2n) is 7.11. The predicted octanol–water partition coefficient (Wildman–Crippen LogP) is 1.67. The van der Waals surface area contributed by atoms with Crippen LogP contribution >= 0.6 is 0 Å². The molecule has 1 aromatic carbocycles. The van der Waals surface area contributed by atoms with Crippen LogP contribution in [0.25, 0.3) is 0 Å². The van der Waals surface area contributed by atoms with E-state index in [1.165, 1.54) is 10.8 Å². The average molecular weight is 383 g/mol. The van der Waals surface area contributed by atoms with Gasteiger partial charge in [-0.05, 0) is 36.1 Å². The van der Waals surface area contributed by atoms with Gasteiger partial charge in [0.25, 0.3) is 0 Å². The van der Waals surface area contributed by atoms with Gasteiger partial charge in [0.05, 0.1) is 6.54 Å². The molecule has 0 bridgehead atoms. The fraction of sp³-hybridized carbons (Fsp3) is 0.400. The van der Waals surface area contributed by atoms with Gasteiger partial charge in [0.1, 0.15) is 0 Å². The highest BCUT2D eigenvalue weighted by molar-refractivity contribution is 5.89. The quantitative estimate of drug-likeness (QED) is 0.760. The first kappa shape index (κ1) is 19.6. The number of urea groups is 1. The molecule has 2 N–H and O–H groups in total. The summed E-state index contributed by atoms with van der Waals surface area (Å²) >= 11 is 0. The predicted molar refractivity (Wildman–Crippen MR) is 106 cm³/mol. The zero-order chi connectivity index (χ0) is 19.9. The summed E-state index contributed by atoms with van der Waals surface area (Å²) in [5.41, 5.74) is 1.22. The molecular formula is C20H25N5O3. The van der Waals surface area contributed by atoms with Gasteiger partial charge in [-0.2, -0.15) is 0 Å². The van der Waals surface area contributed by atoms with Crippen LogP contribution in [-0.4, -0.2) is 46.0 Å². The number of hydrogen-bond donors (Lipinski definition) is 2. The third-order valence-electron chi connectivity index (χ3n) is 4.64. The van der Waals surface area contributed by atoms with Gasteiger partial charge in [-0.1, -0.05) is 19.1 Å². The summed E-state index contributed by atoms with van der Waals surface area (Å²) in [5, 5.41) is 5.65. The highest BCUT2D eigenvalue weighted by Crippen LogP contribution is 2.13. The molecule has 0 radical (unpaired) electrons. The van der Waals surface area contributed by atoms with E-state index in [9.17, 15) is 14.4 Å². The first-order valence-corrected chi connectivity index (χ1v) is 9.44. The zero-order valence-corrected chi connectivity index (χ0v) is 15.9. The molecule has 148 valence electrons. The van der Waals surface area contributed by atoms with Crippen molar-refractivity contribution in [2.75, 3.05) is 25.0 Å². The van der Waals surface area contributed by atoms with Crippen LogP contribution in [0.1, 0.15) is 25.3 Å². The number of anilines is 1. The molecule has 1 atom stereocenters. The van der Waals surface area contributed by atoms with Crippen LogP contribution in [0, 0.1) is 5.92 Å². The van der Waals surface area contributed by atoms with Gasteiger partial charge >= 0.3 is 11.7 Å². The van der Waals surface area contributed by atoms with Gasteiger partial charge in [0, 0.05) is 44.1 Å². The molecular weight excluding hydrogens is 358 g/mol. The lowest BCUT2D eigenvalue weighted by Gasteiger charge is -2.21. The minimum Gasteiger partial charge on any atom is -0.342 e. The maximum Gasteiger partial charge on any atom is 0.347 e. The Labute approximate surface area is 163 Å². The van der Waals surface area contributed by atoms with Crippen molar-refractivity contribution in [2.45, 2.75) is 26.3 Å². The van der Waals surface area contributed by atoms with Gasteiger partial charge in [-0.25, -0.2) is 14.6 Å². The number of aromatic nitrogens is 2. The molecule has 1 aliphatic rings. The lowest BCUT2D eigenvalue weighted by atomic mass is 10.1. The normalized spacial score (nSPS) is 14.8. The van der Waals surface area contributed by atoms with Crippen LogP contribution in [0.3, 0.4) is 0 Å². The average Bonchev–Trinajstić information content (AvgIpc) is 3.07. The molecule has 0 spiro atoms. The van der Waals surface area contributed by atoms with Crippen molar-refractivity contribution in [2.24, 2.45) is 5.92 Å². The summed E-state index contributed by atoms with van der Waals surface area (Å²) in [6, 6.07) is 8.74. The molecule has 2 aromatic rings. The molecule has 0 saturated carbocycles. The maximum atomic E-state index is 12.2. The molecule has 2 heterocycles. The molecule has 1 aromatic heterocycles. The van der Waals surface area contributed by atoms with Crippen molar-refractivity contribution < 1.29 is 9.59 Å². The summed E-state index contributed by atoms with van der Waals surface area (Å²) in [5.74, 6) is 0.373. The second kappa shape index (κ2) is 9.16. The largest absolute Gasteiger partial charge is 0.347 e. The number of carbonyl (C=O) groups excluding carboxylic acids is 2. The Hall–Kier alpha value is -3.16. The van der Waals surface area contributed by atoms with Gasteiger partial charge in [-0.15, -0.1) is 0 Å². The van der Waals surface area contributed by atoms with Crippen molar-refractivity contribution >= 4 is 17.6 Å². The Bertz CT molecular complexity index is 895. The van der Waals surface area contributed by atoms with E-state index < -0.39 is 0 Å². The summed E-state index contributed by atoms with van der Waals surface area (Å²) in [6.07, 6.45) is 4.68. The highest BCUT2D eigenvalue weighted by Gasteiger charge is 2.21. The first-order chi connectivity index (χ1) is 13.5. The number of benzene rings is 1. The highest BCUT2D eigenvalue weighted by atomic mass is 16.2. The fourth-order valence-corrected chi connectivity index (χ4v) is 3.23. The van der Waals surface area contributed by atoms with Crippen molar-refractivity contribution in [3.63, 3.8) is 0 Å². The van der Waals surface area contributed by atoms with E-state index in [4.69, 9.17) is 0 Å². The Morgan fingerprint density at radius 1 is 1.29 bits per heavy atom. The molecule has 0 unspecified atom stereocenters. The minimum atomic E-state index is -0.316. The molecule has 1 saturated heterocycles. The summed E-state index contributed by atoms with van der Waals surface area (Å²) < 4.78 is 1.50. The Balaban J connectivity index is 1.49. The number of nitrogens with zero attached hydrogens (tertiary/aromatic N) is 3. The van der Waals surface area contributed by atoms with E-state index in [0.29, 0.717) is 31.7 Å². The Morgan fingerprint density at radius 2 is 2.14 bits per heavy atom. The van der Waals surface area contributed by atoms with E-state index >= 15 is 0 Å².